The summed E-state index contributed by atoms with van der Waals surface area (Å²) in [7, 11) is 0. The van der Waals surface area contributed by atoms with Crippen molar-refractivity contribution in [1.82, 2.24) is 10.2 Å². The number of carboxylic acids is 1. The maximum Gasteiger partial charge on any atom is 0.407 e. The number of hydrogen-bond donors (Lipinski definition) is 2. The van der Waals surface area contributed by atoms with E-state index >= 15 is 0 Å². The summed E-state index contributed by atoms with van der Waals surface area (Å²) in [5.74, 6) is -0.684. The van der Waals surface area contributed by atoms with E-state index in [9.17, 15) is 14.4 Å². The molecule has 2 N–H and O–H groups in total. The smallest absolute Gasteiger partial charge is 0.407 e. The largest absolute Gasteiger partial charge is 0.481 e. The van der Waals surface area contributed by atoms with E-state index in [-0.39, 0.29) is 43.1 Å². The second-order valence-corrected chi connectivity index (χ2v) is 10.5. The van der Waals surface area contributed by atoms with Gasteiger partial charge in [0.05, 0.1) is 6.42 Å². The Morgan fingerprint density at radius 3 is 2.23 bits per heavy atom. The molecule has 2 aromatic rings. The minimum Gasteiger partial charge on any atom is -0.481 e. The van der Waals surface area contributed by atoms with Crippen LogP contribution < -0.4 is 5.32 Å². The first kappa shape index (κ1) is 24.8. The third kappa shape index (κ3) is 5.66. The van der Waals surface area contributed by atoms with Crippen LogP contribution in [0.5, 0.6) is 0 Å². The zero-order chi connectivity index (χ0) is 25.2. The Labute approximate surface area is 206 Å². The van der Waals surface area contributed by atoms with Gasteiger partial charge in [0.2, 0.25) is 5.91 Å². The van der Waals surface area contributed by atoms with E-state index in [1.165, 1.54) is 11.1 Å². The van der Waals surface area contributed by atoms with Gasteiger partial charge in [0.1, 0.15) is 6.61 Å². The molecule has 0 bridgehead atoms. The number of nitrogens with one attached hydrogen (secondary N) is 1. The Hall–Kier alpha value is -3.35. The van der Waals surface area contributed by atoms with Crippen LogP contribution in [0.3, 0.4) is 0 Å². The van der Waals surface area contributed by atoms with E-state index in [2.05, 4.69) is 29.6 Å². The Bertz CT molecular complexity index is 1070. The molecule has 2 atom stereocenters. The quantitative estimate of drug-likeness (QED) is 0.576. The van der Waals surface area contributed by atoms with Crippen LogP contribution in [0.15, 0.2) is 48.5 Å². The molecule has 2 unspecified atom stereocenters. The summed E-state index contributed by atoms with van der Waals surface area (Å²) >= 11 is 0. The topological polar surface area (TPSA) is 95.9 Å². The number of aliphatic carboxylic acids is 1. The first-order valence-corrected chi connectivity index (χ1v) is 12.3. The lowest BCUT2D eigenvalue weighted by Gasteiger charge is -2.27. The number of alkyl carbamates (subject to hydrolysis) is 1. The number of nitrogens with zero attached hydrogens (tertiary/aromatic N) is 1. The van der Waals surface area contributed by atoms with Gasteiger partial charge in [-0.25, -0.2) is 4.79 Å². The molecule has 1 heterocycles. The number of benzene rings is 2. The zero-order valence-electron chi connectivity index (χ0n) is 20.6. The molecule has 1 fully saturated rings. The van der Waals surface area contributed by atoms with Crippen molar-refractivity contribution >= 4 is 18.0 Å². The highest BCUT2D eigenvalue weighted by molar-refractivity contribution is 5.79. The minimum absolute atomic E-state index is 0.00579. The molecular weight excluding hydrogens is 444 g/mol. The summed E-state index contributed by atoms with van der Waals surface area (Å²) in [6.45, 7) is 7.04. The van der Waals surface area contributed by atoms with Gasteiger partial charge in [-0.15, -0.1) is 0 Å². The number of amides is 2. The fraction of sp³-hybridized carbons (Fsp3) is 0.464. The van der Waals surface area contributed by atoms with E-state index < -0.39 is 17.6 Å². The fourth-order valence-corrected chi connectivity index (χ4v) is 5.28. The van der Waals surface area contributed by atoms with Gasteiger partial charge < -0.3 is 20.1 Å². The first-order chi connectivity index (χ1) is 16.6. The van der Waals surface area contributed by atoms with Crippen LogP contribution in [0, 0.1) is 11.8 Å². The molecule has 2 aliphatic rings. The van der Waals surface area contributed by atoms with Gasteiger partial charge in [0.15, 0.2) is 0 Å². The SMILES string of the molecule is CC1CN(C(=O)CCC(C)(C)NC(=O)OCC2c3ccccc3-c3ccccc32)CC1CC(=O)O. The standard InChI is InChI=1S/C28H34N2O5/c1-18-15-30(16-19(18)14-26(32)33)25(31)12-13-28(2,3)29-27(34)35-17-24-22-10-6-4-8-20(22)21-9-5-7-11-23(21)24/h4-11,18-19,24H,12-17H2,1-3H3,(H,29,34)(H,32,33). The predicted octanol–water partition coefficient (Wildman–Crippen LogP) is 4.65. The predicted molar refractivity (Wildman–Crippen MR) is 133 cm³/mol. The van der Waals surface area contributed by atoms with Crippen LogP contribution in [0.2, 0.25) is 0 Å². The molecule has 0 saturated carbocycles. The maximum absolute atomic E-state index is 12.7. The van der Waals surface area contributed by atoms with Crippen molar-refractivity contribution in [1.29, 1.82) is 0 Å². The lowest BCUT2D eigenvalue weighted by atomic mass is 9.95. The zero-order valence-corrected chi connectivity index (χ0v) is 20.6. The first-order valence-electron chi connectivity index (χ1n) is 12.3. The molecule has 4 rings (SSSR count). The van der Waals surface area contributed by atoms with Crippen molar-refractivity contribution in [2.24, 2.45) is 11.8 Å². The number of carboxylic acid groups (broad SMARTS) is 1. The average molecular weight is 479 g/mol. The molecule has 7 nitrogen and oxygen atoms in total. The fourth-order valence-electron chi connectivity index (χ4n) is 5.28. The second-order valence-electron chi connectivity index (χ2n) is 10.5. The van der Waals surface area contributed by atoms with Crippen molar-refractivity contribution in [2.45, 2.75) is 51.5 Å². The summed E-state index contributed by atoms with van der Waals surface area (Å²) in [5.41, 5.74) is 4.06. The number of fused-ring (bicyclic) bond motifs is 3. The molecule has 2 aromatic carbocycles. The number of hydrogen-bond acceptors (Lipinski definition) is 4. The highest BCUT2D eigenvalue weighted by Crippen LogP contribution is 2.44. The molecular formula is C28H34N2O5. The van der Waals surface area contributed by atoms with E-state index in [0.29, 0.717) is 19.5 Å². The highest BCUT2D eigenvalue weighted by atomic mass is 16.5. The van der Waals surface area contributed by atoms with Gasteiger partial charge >= 0.3 is 12.1 Å². The van der Waals surface area contributed by atoms with E-state index in [1.807, 2.05) is 45.0 Å². The summed E-state index contributed by atoms with van der Waals surface area (Å²) < 4.78 is 5.65. The third-order valence-electron chi connectivity index (χ3n) is 7.31. The van der Waals surface area contributed by atoms with Gasteiger partial charge in [0, 0.05) is 31.0 Å². The Kier molecular flexibility index (Phi) is 7.15. The molecule has 1 aliphatic heterocycles. The Balaban J connectivity index is 1.28. The number of ether oxygens (including phenoxy) is 1. The van der Waals surface area contributed by atoms with Crippen LogP contribution >= 0.6 is 0 Å². The maximum atomic E-state index is 12.7. The van der Waals surface area contributed by atoms with Crippen molar-refractivity contribution in [3.8, 4) is 11.1 Å². The van der Waals surface area contributed by atoms with Crippen molar-refractivity contribution in [2.75, 3.05) is 19.7 Å². The third-order valence-corrected chi connectivity index (χ3v) is 7.31. The van der Waals surface area contributed by atoms with Crippen LogP contribution in [0.1, 0.15) is 57.1 Å². The molecule has 1 saturated heterocycles. The normalized spacial score (nSPS) is 19.2. The van der Waals surface area contributed by atoms with Crippen LogP contribution in [0.4, 0.5) is 4.79 Å². The van der Waals surface area contributed by atoms with E-state index in [1.54, 1.807) is 4.90 Å². The lowest BCUT2D eigenvalue weighted by Crippen LogP contribution is -2.45. The lowest BCUT2D eigenvalue weighted by molar-refractivity contribution is -0.138. The summed E-state index contributed by atoms with van der Waals surface area (Å²) in [6.07, 6.45) is 0.327. The molecule has 7 heteroatoms. The summed E-state index contributed by atoms with van der Waals surface area (Å²) in [4.78, 5) is 38.2. The van der Waals surface area contributed by atoms with Crippen LogP contribution in [-0.2, 0) is 14.3 Å². The number of likely N-dealkylation sites (tertiary alicyclic amines) is 1. The molecule has 35 heavy (non-hydrogen) atoms. The minimum atomic E-state index is -0.829. The highest BCUT2D eigenvalue weighted by Gasteiger charge is 2.34. The van der Waals surface area contributed by atoms with Gasteiger partial charge in [-0.3, -0.25) is 9.59 Å². The number of rotatable bonds is 8. The van der Waals surface area contributed by atoms with Gasteiger partial charge in [0.25, 0.3) is 0 Å². The summed E-state index contributed by atoms with van der Waals surface area (Å²) in [5, 5.41) is 12.0. The van der Waals surface area contributed by atoms with Crippen LogP contribution in [0.25, 0.3) is 11.1 Å². The molecule has 0 aromatic heterocycles. The molecule has 186 valence electrons. The number of carbonyl (C=O) groups excluding carboxylic acids is 2. The molecule has 2 amide bonds. The van der Waals surface area contributed by atoms with E-state index in [0.717, 1.165) is 11.1 Å². The average Bonchev–Trinajstić information content (AvgIpc) is 3.33. The second kappa shape index (κ2) is 10.1. The van der Waals surface area contributed by atoms with Crippen molar-refractivity contribution < 1.29 is 24.2 Å². The van der Waals surface area contributed by atoms with Crippen molar-refractivity contribution in [3.63, 3.8) is 0 Å². The molecule has 1 aliphatic carbocycles. The van der Waals surface area contributed by atoms with Crippen molar-refractivity contribution in [3.05, 3.63) is 59.7 Å². The molecule has 0 radical (unpaired) electrons. The molecule has 0 spiro atoms. The monoisotopic (exact) mass is 478 g/mol. The Morgan fingerprint density at radius 2 is 1.63 bits per heavy atom. The Morgan fingerprint density at radius 1 is 1.03 bits per heavy atom. The van der Waals surface area contributed by atoms with Gasteiger partial charge in [-0.2, -0.15) is 0 Å². The van der Waals surface area contributed by atoms with E-state index in [4.69, 9.17) is 9.84 Å². The number of carbonyl (C=O) groups is 3. The summed E-state index contributed by atoms with van der Waals surface area (Å²) in [6, 6.07) is 16.4. The van der Waals surface area contributed by atoms with Gasteiger partial charge in [-0.05, 0) is 54.4 Å². The van der Waals surface area contributed by atoms with Gasteiger partial charge in [-0.1, -0.05) is 55.5 Å². The van der Waals surface area contributed by atoms with Crippen LogP contribution in [-0.4, -0.2) is 53.2 Å².